The van der Waals surface area contributed by atoms with Crippen LogP contribution >= 0.6 is 0 Å². The highest BCUT2D eigenvalue weighted by atomic mass is 19.3. The lowest BCUT2D eigenvalue weighted by atomic mass is 9.90. The molecule has 1 fully saturated rings. The van der Waals surface area contributed by atoms with E-state index in [9.17, 15) is 8.78 Å². The lowest BCUT2D eigenvalue weighted by molar-refractivity contribution is -0.0479. The Morgan fingerprint density at radius 3 is 3.00 bits per heavy atom. The van der Waals surface area contributed by atoms with E-state index in [0.717, 1.165) is 0 Å². The van der Waals surface area contributed by atoms with Crippen molar-refractivity contribution in [2.24, 2.45) is 7.05 Å². The van der Waals surface area contributed by atoms with Gasteiger partial charge in [-0.05, 0) is 0 Å². The van der Waals surface area contributed by atoms with Gasteiger partial charge in [0.15, 0.2) is 0 Å². The highest BCUT2D eigenvalue weighted by Gasteiger charge is 2.42. The van der Waals surface area contributed by atoms with Gasteiger partial charge in [0.25, 0.3) is 5.92 Å². The van der Waals surface area contributed by atoms with Gasteiger partial charge in [0.05, 0.1) is 12.1 Å². The molecule has 0 saturated carbocycles. The Labute approximate surface area is 81.1 Å². The van der Waals surface area contributed by atoms with Gasteiger partial charge in [0, 0.05) is 38.3 Å². The van der Waals surface area contributed by atoms with Crippen molar-refractivity contribution in [2.45, 2.75) is 18.3 Å². The van der Waals surface area contributed by atoms with Gasteiger partial charge in [0.1, 0.15) is 0 Å². The van der Waals surface area contributed by atoms with E-state index in [-0.39, 0.29) is 6.42 Å². The predicted octanol–water partition coefficient (Wildman–Crippen LogP) is 1.13. The number of hydrogen-bond donors (Lipinski definition) is 1. The van der Waals surface area contributed by atoms with E-state index in [4.69, 9.17) is 0 Å². The quantitative estimate of drug-likeness (QED) is 0.738. The standard InChI is InChI=1S/C9H13F2N3/c1-14-6-7(4-13-14)8-5-12-3-2-9(8,10)11/h4,6,8,12H,2-3,5H2,1H3. The van der Waals surface area contributed by atoms with Gasteiger partial charge in [-0.3, -0.25) is 4.68 Å². The van der Waals surface area contributed by atoms with Crippen molar-refractivity contribution in [1.29, 1.82) is 0 Å². The van der Waals surface area contributed by atoms with Crippen LogP contribution in [0.4, 0.5) is 8.78 Å². The average Bonchev–Trinajstić information content (AvgIpc) is 2.51. The maximum absolute atomic E-state index is 13.5. The fourth-order valence-electron chi connectivity index (χ4n) is 1.81. The van der Waals surface area contributed by atoms with Crippen molar-refractivity contribution in [1.82, 2.24) is 15.1 Å². The van der Waals surface area contributed by atoms with Crippen LogP contribution in [0.15, 0.2) is 12.4 Å². The minimum absolute atomic E-state index is 0.0907. The molecule has 0 aromatic carbocycles. The number of nitrogens with one attached hydrogen (secondary N) is 1. The zero-order valence-electron chi connectivity index (χ0n) is 8.00. The van der Waals surface area contributed by atoms with Crippen LogP contribution in [0.1, 0.15) is 17.9 Å². The van der Waals surface area contributed by atoms with Crippen molar-refractivity contribution < 1.29 is 8.78 Å². The van der Waals surface area contributed by atoms with E-state index < -0.39 is 11.8 Å². The fraction of sp³-hybridized carbons (Fsp3) is 0.667. The molecule has 2 rings (SSSR count). The summed E-state index contributed by atoms with van der Waals surface area (Å²) in [5.74, 6) is -3.33. The SMILES string of the molecule is Cn1cc(C2CNCCC2(F)F)cn1. The molecule has 1 unspecified atom stereocenters. The monoisotopic (exact) mass is 201 g/mol. The molecule has 0 aliphatic carbocycles. The molecule has 1 N–H and O–H groups in total. The average molecular weight is 201 g/mol. The number of hydrogen-bond acceptors (Lipinski definition) is 2. The first-order chi connectivity index (χ1) is 6.59. The molecule has 1 saturated heterocycles. The zero-order valence-corrected chi connectivity index (χ0v) is 8.00. The summed E-state index contributed by atoms with van der Waals surface area (Å²) >= 11 is 0. The van der Waals surface area contributed by atoms with Crippen molar-refractivity contribution >= 4 is 0 Å². The first-order valence-corrected chi connectivity index (χ1v) is 4.67. The molecule has 0 spiro atoms. The number of alkyl halides is 2. The zero-order chi connectivity index (χ0) is 10.2. The van der Waals surface area contributed by atoms with Gasteiger partial charge >= 0.3 is 0 Å². The number of rotatable bonds is 1. The number of halogens is 2. The van der Waals surface area contributed by atoms with Gasteiger partial charge in [-0.1, -0.05) is 0 Å². The summed E-state index contributed by atoms with van der Waals surface area (Å²) in [5.41, 5.74) is 0.615. The Bertz CT molecular complexity index is 322. The number of aromatic nitrogens is 2. The second-order valence-corrected chi connectivity index (χ2v) is 3.72. The van der Waals surface area contributed by atoms with Gasteiger partial charge in [-0.25, -0.2) is 8.78 Å². The third-order valence-corrected chi connectivity index (χ3v) is 2.62. The van der Waals surface area contributed by atoms with Crippen molar-refractivity contribution in [3.05, 3.63) is 18.0 Å². The molecule has 0 bridgehead atoms. The Balaban J connectivity index is 2.23. The van der Waals surface area contributed by atoms with Crippen LogP contribution in [0.25, 0.3) is 0 Å². The summed E-state index contributed by atoms with van der Waals surface area (Å²) in [6, 6.07) is 0. The van der Waals surface area contributed by atoms with Crippen LogP contribution in [0, 0.1) is 0 Å². The van der Waals surface area contributed by atoms with Crippen LogP contribution in [-0.4, -0.2) is 28.8 Å². The number of aryl methyl sites for hydroxylation is 1. The molecule has 1 aromatic rings. The van der Waals surface area contributed by atoms with Crippen molar-refractivity contribution in [3.63, 3.8) is 0 Å². The summed E-state index contributed by atoms with van der Waals surface area (Å²) in [4.78, 5) is 0. The van der Waals surface area contributed by atoms with E-state index in [2.05, 4.69) is 10.4 Å². The van der Waals surface area contributed by atoms with Crippen LogP contribution in [0.2, 0.25) is 0 Å². The molecule has 1 aliphatic heterocycles. The third-order valence-electron chi connectivity index (χ3n) is 2.62. The summed E-state index contributed by atoms with van der Waals surface area (Å²) in [6.07, 6.45) is 3.09. The molecule has 5 heteroatoms. The smallest absolute Gasteiger partial charge is 0.257 e. The second kappa shape index (κ2) is 3.31. The summed E-state index contributed by atoms with van der Waals surface area (Å²) in [5, 5.41) is 6.89. The summed E-state index contributed by atoms with van der Waals surface area (Å²) in [7, 11) is 1.73. The fourth-order valence-corrected chi connectivity index (χ4v) is 1.81. The number of nitrogens with zero attached hydrogens (tertiary/aromatic N) is 2. The Hall–Kier alpha value is -0.970. The highest BCUT2D eigenvalue weighted by molar-refractivity contribution is 5.17. The van der Waals surface area contributed by atoms with Crippen LogP contribution in [-0.2, 0) is 7.05 Å². The van der Waals surface area contributed by atoms with Crippen LogP contribution < -0.4 is 5.32 Å². The highest BCUT2D eigenvalue weighted by Crippen LogP contribution is 2.37. The molecule has 3 nitrogen and oxygen atoms in total. The lowest BCUT2D eigenvalue weighted by Gasteiger charge is -2.31. The minimum atomic E-state index is -2.60. The summed E-state index contributed by atoms with van der Waals surface area (Å²) < 4.78 is 28.5. The molecule has 78 valence electrons. The largest absolute Gasteiger partial charge is 0.316 e. The van der Waals surface area contributed by atoms with Crippen molar-refractivity contribution in [2.75, 3.05) is 13.1 Å². The van der Waals surface area contributed by atoms with E-state index in [1.807, 2.05) is 0 Å². The van der Waals surface area contributed by atoms with Gasteiger partial charge in [-0.15, -0.1) is 0 Å². The topological polar surface area (TPSA) is 29.9 Å². The molecule has 14 heavy (non-hydrogen) atoms. The second-order valence-electron chi connectivity index (χ2n) is 3.72. The maximum atomic E-state index is 13.5. The lowest BCUT2D eigenvalue weighted by Crippen LogP contribution is -2.42. The molecular formula is C9H13F2N3. The van der Waals surface area contributed by atoms with E-state index in [1.54, 1.807) is 17.9 Å². The van der Waals surface area contributed by atoms with E-state index in [0.29, 0.717) is 18.7 Å². The van der Waals surface area contributed by atoms with E-state index >= 15 is 0 Å². The molecule has 0 amide bonds. The molecule has 2 heterocycles. The maximum Gasteiger partial charge on any atom is 0.257 e. The normalized spacial score (nSPS) is 26.4. The molecule has 0 radical (unpaired) electrons. The molecule has 1 aromatic heterocycles. The Morgan fingerprint density at radius 2 is 2.43 bits per heavy atom. The molecule has 1 atom stereocenters. The van der Waals surface area contributed by atoms with Gasteiger partial charge < -0.3 is 5.32 Å². The minimum Gasteiger partial charge on any atom is -0.316 e. The van der Waals surface area contributed by atoms with Crippen LogP contribution in [0.3, 0.4) is 0 Å². The third kappa shape index (κ3) is 1.64. The summed E-state index contributed by atoms with van der Waals surface area (Å²) in [6.45, 7) is 0.725. The number of piperidine rings is 1. The first kappa shape index (κ1) is 9.58. The van der Waals surface area contributed by atoms with Gasteiger partial charge in [-0.2, -0.15) is 5.10 Å². The first-order valence-electron chi connectivity index (χ1n) is 4.67. The predicted molar refractivity (Wildman–Crippen MR) is 48.4 cm³/mol. The van der Waals surface area contributed by atoms with E-state index in [1.165, 1.54) is 6.20 Å². The van der Waals surface area contributed by atoms with Crippen LogP contribution in [0.5, 0.6) is 0 Å². The Kier molecular flexibility index (Phi) is 2.26. The van der Waals surface area contributed by atoms with Gasteiger partial charge in [0.2, 0.25) is 0 Å². The molecular weight excluding hydrogens is 188 g/mol. The Morgan fingerprint density at radius 1 is 1.64 bits per heavy atom. The van der Waals surface area contributed by atoms with Crippen molar-refractivity contribution in [3.8, 4) is 0 Å². The molecule has 1 aliphatic rings.